The number of likely N-dealkylation sites (tertiary alicyclic amines) is 1. The molecule has 174 valence electrons. The molecule has 2 aromatic rings. The molecule has 1 heterocycles. The average molecular weight is 451 g/mol. The third-order valence-corrected chi connectivity index (χ3v) is 6.46. The van der Waals surface area contributed by atoms with E-state index in [2.05, 4.69) is 17.4 Å². The molecule has 2 atom stereocenters. The lowest BCUT2D eigenvalue weighted by Gasteiger charge is -2.28. The van der Waals surface area contributed by atoms with E-state index in [4.69, 9.17) is 4.74 Å². The molecule has 4 rings (SSSR count). The van der Waals surface area contributed by atoms with E-state index in [0.717, 1.165) is 22.3 Å². The number of benzene rings is 2. The van der Waals surface area contributed by atoms with Crippen LogP contribution in [0.3, 0.4) is 0 Å². The van der Waals surface area contributed by atoms with Gasteiger partial charge in [-0.3, -0.25) is 4.79 Å². The standard InChI is InChI=1S/C26H30N2O5/c1-16(2)14-22(24(29)28-13-7-12-23(28)25(30)31)27-26(32)33-15-21-19-10-5-3-8-17(19)18-9-4-6-11-20(18)21/h3-6,8-11,16,21-23H,7,12-15H2,1-2H3,(H,27,32)(H,30,31). The average Bonchev–Trinajstić information content (AvgIpc) is 3.40. The second kappa shape index (κ2) is 9.65. The number of fused-ring (bicyclic) bond motifs is 3. The highest BCUT2D eigenvalue weighted by Crippen LogP contribution is 2.44. The molecule has 0 saturated carbocycles. The Hall–Kier alpha value is -3.35. The maximum absolute atomic E-state index is 13.1. The molecule has 7 nitrogen and oxygen atoms in total. The number of carbonyl (C=O) groups is 3. The number of carbonyl (C=O) groups excluding carboxylic acids is 2. The minimum atomic E-state index is -1.01. The van der Waals surface area contributed by atoms with E-state index in [-0.39, 0.29) is 24.3 Å². The molecule has 0 radical (unpaired) electrons. The van der Waals surface area contributed by atoms with Crippen LogP contribution in [-0.4, -0.2) is 53.2 Å². The molecule has 1 fully saturated rings. The summed E-state index contributed by atoms with van der Waals surface area (Å²) in [5.74, 6) is -1.30. The van der Waals surface area contributed by atoms with Crippen molar-refractivity contribution in [2.24, 2.45) is 5.92 Å². The van der Waals surface area contributed by atoms with Crippen LogP contribution in [0.1, 0.15) is 50.2 Å². The first-order valence-corrected chi connectivity index (χ1v) is 11.5. The van der Waals surface area contributed by atoms with Gasteiger partial charge in [0, 0.05) is 12.5 Å². The van der Waals surface area contributed by atoms with Crippen molar-refractivity contribution >= 4 is 18.0 Å². The lowest BCUT2D eigenvalue weighted by atomic mass is 9.98. The molecule has 0 bridgehead atoms. The summed E-state index contributed by atoms with van der Waals surface area (Å²) < 4.78 is 5.60. The number of hydrogen-bond donors (Lipinski definition) is 2. The van der Waals surface area contributed by atoms with Gasteiger partial charge in [0.2, 0.25) is 5.91 Å². The first-order valence-electron chi connectivity index (χ1n) is 11.5. The number of nitrogens with one attached hydrogen (secondary N) is 1. The molecular formula is C26H30N2O5. The smallest absolute Gasteiger partial charge is 0.407 e. The molecule has 2 aliphatic rings. The van der Waals surface area contributed by atoms with Crippen molar-refractivity contribution in [2.45, 2.75) is 51.1 Å². The van der Waals surface area contributed by atoms with Crippen molar-refractivity contribution in [1.29, 1.82) is 0 Å². The number of nitrogens with zero attached hydrogens (tertiary/aromatic N) is 1. The Morgan fingerprint density at radius 2 is 1.67 bits per heavy atom. The minimum absolute atomic E-state index is 0.0719. The fraction of sp³-hybridized carbons (Fsp3) is 0.423. The monoisotopic (exact) mass is 450 g/mol. The van der Waals surface area contributed by atoms with Gasteiger partial charge in [0.25, 0.3) is 0 Å². The summed E-state index contributed by atoms with van der Waals surface area (Å²) in [7, 11) is 0. The zero-order chi connectivity index (χ0) is 23.5. The van der Waals surface area contributed by atoms with Crippen molar-refractivity contribution in [2.75, 3.05) is 13.2 Å². The maximum Gasteiger partial charge on any atom is 0.407 e. The fourth-order valence-electron chi connectivity index (χ4n) is 4.96. The third kappa shape index (κ3) is 4.72. The number of rotatable bonds is 7. The number of ether oxygens (including phenoxy) is 1. The first kappa shape index (κ1) is 22.8. The molecule has 2 N–H and O–H groups in total. The largest absolute Gasteiger partial charge is 0.480 e. The summed E-state index contributed by atoms with van der Waals surface area (Å²) in [6, 6.07) is 14.5. The van der Waals surface area contributed by atoms with Gasteiger partial charge in [0.1, 0.15) is 18.7 Å². The van der Waals surface area contributed by atoms with Crippen LogP contribution in [0.2, 0.25) is 0 Å². The summed E-state index contributed by atoms with van der Waals surface area (Å²) >= 11 is 0. The van der Waals surface area contributed by atoms with Gasteiger partial charge in [-0.1, -0.05) is 62.4 Å². The van der Waals surface area contributed by atoms with Gasteiger partial charge < -0.3 is 20.1 Å². The summed E-state index contributed by atoms with van der Waals surface area (Å²) in [6.07, 6.45) is 0.816. The lowest BCUT2D eigenvalue weighted by Crippen LogP contribution is -2.52. The van der Waals surface area contributed by atoms with E-state index < -0.39 is 24.1 Å². The normalized spacial score (nSPS) is 18.0. The van der Waals surface area contributed by atoms with Gasteiger partial charge in [-0.05, 0) is 47.4 Å². The van der Waals surface area contributed by atoms with Gasteiger partial charge >= 0.3 is 12.1 Å². The zero-order valence-electron chi connectivity index (χ0n) is 19.0. The van der Waals surface area contributed by atoms with Crippen LogP contribution in [-0.2, 0) is 14.3 Å². The Morgan fingerprint density at radius 3 is 2.24 bits per heavy atom. The van der Waals surface area contributed by atoms with Gasteiger partial charge in [0.05, 0.1) is 0 Å². The van der Waals surface area contributed by atoms with Crippen LogP contribution in [0.15, 0.2) is 48.5 Å². The molecule has 1 aliphatic heterocycles. The number of aliphatic carboxylic acids is 1. The van der Waals surface area contributed by atoms with E-state index in [1.165, 1.54) is 4.90 Å². The topological polar surface area (TPSA) is 95.9 Å². The Labute approximate surface area is 193 Å². The van der Waals surface area contributed by atoms with Crippen LogP contribution in [0.5, 0.6) is 0 Å². The Bertz CT molecular complexity index is 1000. The first-order chi connectivity index (χ1) is 15.9. The van der Waals surface area contributed by atoms with Crippen molar-refractivity contribution < 1.29 is 24.2 Å². The van der Waals surface area contributed by atoms with Crippen molar-refractivity contribution in [1.82, 2.24) is 10.2 Å². The van der Waals surface area contributed by atoms with Crippen LogP contribution in [0, 0.1) is 5.92 Å². The summed E-state index contributed by atoms with van der Waals surface area (Å²) in [4.78, 5) is 38.7. The number of hydrogen-bond acceptors (Lipinski definition) is 4. The van der Waals surface area contributed by atoms with E-state index in [1.807, 2.05) is 50.2 Å². The highest BCUT2D eigenvalue weighted by Gasteiger charge is 2.38. The summed E-state index contributed by atoms with van der Waals surface area (Å²) in [6.45, 7) is 4.46. The lowest BCUT2D eigenvalue weighted by molar-refractivity contribution is -0.149. The van der Waals surface area contributed by atoms with Crippen LogP contribution in [0.25, 0.3) is 11.1 Å². The third-order valence-electron chi connectivity index (χ3n) is 6.46. The Balaban J connectivity index is 1.44. The molecule has 0 aromatic heterocycles. The highest BCUT2D eigenvalue weighted by atomic mass is 16.5. The highest BCUT2D eigenvalue weighted by molar-refractivity contribution is 5.89. The van der Waals surface area contributed by atoms with Crippen LogP contribution >= 0.6 is 0 Å². The van der Waals surface area contributed by atoms with Crippen molar-refractivity contribution in [3.05, 3.63) is 59.7 Å². The summed E-state index contributed by atoms with van der Waals surface area (Å²) in [5, 5.41) is 12.1. The Kier molecular flexibility index (Phi) is 6.67. The van der Waals surface area contributed by atoms with E-state index in [0.29, 0.717) is 25.8 Å². The van der Waals surface area contributed by atoms with Crippen molar-refractivity contribution in [3.8, 4) is 11.1 Å². The van der Waals surface area contributed by atoms with Gasteiger partial charge in [0.15, 0.2) is 0 Å². The van der Waals surface area contributed by atoms with E-state index >= 15 is 0 Å². The molecule has 7 heteroatoms. The fourth-order valence-corrected chi connectivity index (χ4v) is 4.96. The van der Waals surface area contributed by atoms with Crippen LogP contribution < -0.4 is 5.32 Å². The molecule has 0 spiro atoms. The van der Waals surface area contributed by atoms with E-state index in [1.54, 1.807) is 0 Å². The molecule has 2 aromatic carbocycles. The predicted octanol–water partition coefficient (Wildman–Crippen LogP) is 4.02. The SMILES string of the molecule is CC(C)CC(NC(=O)OCC1c2ccccc2-c2ccccc21)C(=O)N1CCCC1C(=O)O. The predicted molar refractivity (Wildman–Crippen MR) is 124 cm³/mol. The molecular weight excluding hydrogens is 420 g/mol. The van der Waals surface area contributed by atoms with Crippen LogP contribution in [0.4, 0.5) is 4.79 Å². The minimum Gasteiger partial charge on any atom is -0.480 e. The number of carboxylic acids is 1. The van der Waals surface area contributed by atoms with Gasteiger partial charge in [-0.2, -0.15) is 0 Å². The van der Waals surface area contributed by atoms with Gasteiger partial charge in [-0.25, -0.2) is 9.59 Å². The number of alkyl carbamates (subject to hydrolysis) is 1. The number of carboxylic acid groups (broad SMARTS) is 1. The number of amides is 2. The molecule has 2 unspecified atom stereocenters. The molecule has 1 aliphatic carbocycles. The molecule has 33 heavy (non-hydrogen) atoms. The zero-order valence-corrected chi connectivity index (χ0v) is 19.0. The molecule has 1 saturated heterocycles. The van der Waals surface area contributed by atoms with Crippen molar-refractivity contribution in [3.63, 3.8) is 0 Å². The summed E-state index contributed by atoms with van der Waals surface area (Å²) in [5.41, 5.74) is 4.51. The maximum atomic E-state index is 13.1. The van der Waals surface area contributed by atoms with Gasteiger partial charge in [-0.15, -0.1) is 0 Å². The Morgan fingerprint density at radius 1 is 1.06 bits per heavy atom. The molecule has 2 amide bonds. The quantitative estimate of drug-likeness (QED) is 0.664. The second-order valence-electron chi connectivity index (χ2n) is 9.18. The second-order valence-corrected chi connectivity index (χ2v) is 9.18. The van der Waals surface area contributed by atoms with E-state index in [9.17, 15) is 19.5 Å².